The van der Waals surface area contributed by atoms with Gasteiger partial charge in [-0.15, -0.1) is 0 Å². The molecule has 22 heavy (non-hydrogen) atoms. The Bertz CT molecular complexity index is 666. The molecule has 1 aromatic carbocycles. The number of carbonyl (C=O) groups excluding carboxylic acids is 1. The highest BCUT2D eigenvalue weighted by Gasteiger charge is 2.18. The van der Waals surface area contributed by atoms with Gasteiger partial charge in [-0.3, -0.25) is 5.32 Å². The number of aromatic nitrogens is 1. The second-order valence-corrected chi connectivity index (χ2v) is 6.28. The summed E-state index contributed by atoms with van der Waals surface area (Å²) in [6.45, 7) is 10.6. The van der Waals surface area contributed by atoms with E-state index in [4.69, 9.17) is 4.74 Å². The number of anilines is 1. The molecule has 0 atom stereocenters. The van der Waals surface area contributed by atoms with Gasteiger partial charge >= 0.3 is 6.09 Å². The van der Waals surface area contributed by atoms with E-state index in [2.05, 4.69) is 35.9 Å². The van der Waals surface area contributed by atoms with E-state index in [9.17, 15) is 4.79 Å². The Hall–Kier alpha value is -2.23. The Morgan fingerprint density at radius 1 is 1.18 bits per heavy atom. The molecular formula is C18H24N2O2. The minimum Gasteiger partial charge on any atom is -0.444 e. The molecule has 4 heteroatoms. The van der Waals surface area contributed by atoms with Crippen LogP contribution in [0.2, 0.25) is 0 Å². The zero-order valence-corrected chi connectivity index (χ0v) is 13.9. The van der Waals surface area contributed by atoms with Crippen molar-refractivity contribution < 1.29 is 9.53 Å². The highest BCUT2D eigenvalue weighted by Crippen LogP contribution is 2.30. The average molecular weight is 300 g/mol. The third-order valence-corrected chi connectivity index (χ3v) is 3.35. The predicted octanol–water partition coefficient (Wildman–Crippen LogP) is 4.83. The fourth-order valence-electron chi connectivity index (χ4n) is 2.45. The number of nitrogens with zero attached hydrogens (tertiary/aromatic N) is 1. The van der Waals surface area contributed by atoms with Crippen LogP contribution in [0.5, 0.6) is 0 Å². The van der Waals surface area contributed by atoms with Crippen LogP contribution in [0.3, 0.4) is 0 Å². The molecule has 2 rings (SSSR count). The fraction of sp³-hybridized carbons (Fsp3) is 0.389. The third-order valence-electron chi connectivity index (χ3n) is 3.35. The molecular weight excluding hydrogens is 276 g/mol. The quantitative estimate of drug-likeness (QED) is 0.882. The number of para-hydroxylation sites is 1. The lowest BCUT2D eigenvalue weighted by Crippen LogP contribution is -2.27. The monoisotopic (exact) mass is 300 g/mol. The van der Waals surface area contributed by atoms with E-state index >= 15 is 0 Å². The summed E-state index contributed by atoms with van der Waals surface area (Å²) in [6, 6.07) is 11.9. The smallest absolute Gasteiger partial charge is 0.412 e. The minimum atomic E-state index is -0.515. The number of ether oxygens (including phenoxy) is 1. The molecule has 0 radical (unpaired) electrons. The molecule has 1 amide bonds. The van der Waals surface area contributed by atoms with Crippen LogP contribution in [0, 0.1) is 6.92 Å². The molecule has 0 saturated carbocycles. The summed E-state index contributed by atoms with van der Waals surface area (Å²) in [4.78, 5) is 12.0. The molecule has 0 bridgehead atoms. The SMILES string of the molecule is CCn1c(C)ccc1-c1ccccc1NC(=O)OC(C)(C)C. The van der Waals surface area contributed by atoms with Gasteiger partial charge in [0.25, 0.3) is 0 Å². The maximum Gasteiger partial charge on any atom is 0.412 e. The minimum absolute atomic E-state index is 0.439. The van der Waals surface area contributed by atoms with Crippen LogP contribution >= 0.6 is 0 Å². The highest BCUT2D eigenvalue weighted by molar-refractivity contribution is 5.91. The van der Waals surface area contributed by atoms with Crippen molar-refractivity contribution in [3.8, 4) is 11.3 Å². The van der Waals surface area contributed by atoms with Gasteiger partial charge in [-0.2, -0.15) is 0 Å². The van der Waals surface area contributed by atoms with Crippen molar-refractivity contribution in [2.45, 2.75) is 46.8 Å². The van der Waals surface area contributed by atoms with Crippen LogP contribution in [0.15, 0.2) is 36.4 Å². The first-order valence-electron chi connectivity index (χ1n) is 7.57. The number of amides is 1. The van der Waals surface area contributed by atoms with Gasteiger partial charge in [-0.05, 0) is 52.8 Å². The summed E-state index contributed by atoms with van der Waals surface area (Å²) in [5.74, 6) is 0. The first kappa shape index (κ1) is 16.1. The van der Waals surface area contributed by atoms with Crippen molar-refractivity contribution in [2.75, 3.05) is 5.32 Å². The van der Waals surface area contributed by atoms with E-state index in [0.717, 1.165) is 23.5 Å². The Morgan fingerprint density at radius 3 is 2.50 bits per heavy atom. The van der Waals surface area contributed by atoms with Gasteiger partial charge in [0, 0.05) is 17.8 Å². The number of hydrogen-bond acceptors (Lipinski definition) is 2. The number of rotatable bonds is 3. The van der Waals surface area contributed by atoms with Gasteiger partial charge in [0.05, 0.1) is 11.4 Å². The van der Waals surface area contributed by atoms with E-state index in [-0.39, 0.29) is 0 Å². The van der Waals surface area contributed by atoms with Crippen molar-refractivity contribution in [1.29, 1.82) is 0 Å². The van der Waals surface area contributed by atoms with Crippen LogP contribution in [0.25, 0.3) is 11.3 Å². The van der Waals surface area contributed by atoms with E-state index in [1.165, 1.54) is 5.69 Å². The Balaban J connectivity index is 2.33. The van der Waals surface area contributed by atoms with Crippen molar-refractivity contribution in [3.05, 3.63) is 42.1 Å². The molecule has 0 spiro atoms. The number of benzene rings is 1. The van der Waals surface area contributed by atoms with E-state index in [1.807, 2.05) is 45.0 Å². The second-order valence-electron chi connectivity index (χ2n) is 6.28. The van der Waals surface area contributed by atoms with Crippen LogP contribution < -0.4 is 5.32 Å². The van der Waals surface area contributed by atoms with Crippen molar-refractivity contribution in [2.24, 2.45) is 0 Å². The van der Waals surface area contributed by atoms with Gasteiger partial charge in [0.1, 0.15) is 5.60 Å². The van der Waals surface area contributed by atoms with Crippen LogP contribution in [0.4, 0.5) is 10.5 Å². The van der Waals surface area contributed by atoms with Crippen molar-refractivity contribution >= 4 is 11.8 Å². The molecule has 0 aliphatic rings. The molecule has 1 aromatic heterocycles. The van der Waals surface area contributed by atoms with Gasteiger partial charge in [-0.25, -0.2) is 4.79 Å². The molecule has 0 fully saturated rings. The summed E-state index contributed by atoms with van der Waals surface area (Å²) >= 11 is 0. The number of nitrogens with one attached hydrogen (secondary N) is 1. The van der Waals surface area contributed by atoms with Crippen LogP contribution in [-0.2, 0) is 11.3 Å². The molecule has 0 saturated heterocycles. The molecule has 1 heterocycles. The van der Waals surface area contributed by atoms with Gasteiger partial charge < -0.3 is 9.30 Å². The largest absolute Gasteiger partial charge is 0.444 e. The topological polar surface area (TPSA) is 43.3 Å². The maximum atomic E-state index is 12.0. The molecule has 118 valence electrons. The van der Waals surface area contributed by atoms with Gasteiger partial charge in [0.2, 0.25) is 0 Å². The zero-order valence-electron chi connectivity index (χ0n) is 13.9. The number of carbonyl (C=O) groups is 1. The van der Waals surface area contributed by atoms with Crippen LogP contribution in [-0.4, -0.2) is 16.3 Å². The lowest BCUT2D eigenvalue weighted by atomic mass is 10.1. The van der Waals surface area contributed by atoms with Crippen molar-refractivity contribution in [1.82, 2.24) is 4.57 Å². The third kappa shape index (κ3) is 3.70. The normalized spacial score (nSPS) is 11.3. The number of aryl methyl sites for hydroxylation is 1. The van der Waals surface area contributed by atoms with Crippen molar-refractivity contribution in [3.63, 3.8) is 0 Å². The van der Waals surface area contributed by atoms with E-state index in [0.29, 0.717) is 0 Å². The summed E-state index contributed by atoms with van der Waals surface area (Å²) in [6.07, 6.45) is -0.439. The van der Waals surface area contributed by atoms with Gasteiger partial charge in [-0.1, -0.05) is 18.2 Å². The fourth-order valence-corrected chi connectivity index (χ4v) is 2.45. The molecule has 2 aromatic rings. The molecule has 0 aliphatic heterocycles. The zero-order chi connectivity index (χ0) is 16.3. The summed E-state index contributed by atoms with van der Waals surface area (Å²) in [7, 11) is 0. The standard InChI is InChI=1S/C18H24N2O2/c1-6-20-13(2)11-12-16(20)14-9-7-8-10-15(14)19-17(21)22-18(3,4)5/h7-12H,6H2,1-5H3,(H,19,21). The summed E-state index contributed by atoms with van der Waals surface area (Å²) in [5, 5.41) is 2.85. The second kappa shape index (κ2) is 6.26. The summed E-state index contributed by atoms with van der Waals surface area (Å²) in [5.41, 5.74) is 3.52. The Kier molecular flexibility index (Phi) is 4.59. The lowest BCUT2D eigenvalue weighted by molar-refractivity contribution is 0.0636. The molecule has 4 nitrogen and oxygen atoms in total. The van der Waals surface area contributed by atoms with E-state index in [1.54, 1.807) is 0 Å². The maximum absolute atomic E-state index is 12.0. The highest BCUT2D eigenvalue weighted by atomic mass is 16.6. The Morgan fingerprint density at radius 2 is 1.86 bits per heavy atom. The Labute approximate surface area is 132 Å². The molecule has 0 unspecified atom stereocenters. The number of hydrogen-bond donors (Lipinski definition) is 1. The molecule has 0 aliphatic carbocycles. The predicted molar refractivity (Wildman–Crippen MR) is 90.1 cm³/mol. The molecule has 1 N–H and O–H groups in total. The summed E-state index contributed by atoms with van der Waals surface area (Å²) < 4.78 is 7.56. The van der Waals surface area contributed by atoms with Gasteiger partial charge in [0.15, 0.2) is 0 Å². The van der Waals surface area contributed by atoms with Crippen LogP contribution in [0.1, 0.15) is 33.4 Å². The lowest BCUT2D eigenvalue weighted by Gasteiger charge is -2.20. The van der Waals surface area contributed by atoms with E-state index < -0.39 is 11.7 Å². The average Bonchev–Trinajstić information content (AvgIpc) is 2.78. The first-order chi connectivity index (χ1) is 10.3. The first-order valence-corrected chi connectivity index (χ1v) is 7.57.